The molecule has 0 saturated heterocycles. The minimum absolute atomic E-state index is 0.491. The van der Waals surface area contributed by atoms with Gasteiger partial charge in [0.2, 0.25) is 0 Å². The first-order valence-electron chi connectivity index (χ1n) is 6.01. The summed E-state index contributed by atoms with van der Waals surface area (Å²) in [4.78, 5) is 8.34. The van der Waals surface area contributed by atoms with Gasteiger partial charge in [-0.25, -0.2) is 4.98 Å². The van der Waals surface area contributed by atoms with Crippen LogP contribution in [-0.2, 0) is 6.54 Å². The van der Waals surface area contributed by atoms with E-state index in [0.29, 0.717) is 11.7 Å². The summed E-state index contributed by atoms with van der Waals surface area (Å²) in [7, 11) is 0. The summed E-state index contributed by atoms with van der Waals surface area (Å²) in [6.07, 6.45) is 3.48. The Morgan fingerprint density at radius 3 is 2.74 bits per heavy atom. The zero-order valence-corrected chi connectivity index (χ0v) is 10.9. The average molecular weight is 270 g/mol. The Hall–Kier alpha value is -2.13. The van der Waals surface area contributed by atoms with Crippen molar-refractivity contribution >= 4 is 28.2 Å². The van der Waals surface area contributed by atoms with Crippen LogP contribution in [0.4, 0.5) is 5.69 Å². The third-order valence-electron chi connectivity index (χ3n) is 2.91. The van der Waals surface area contributed by atoms with Gasteiger partial charge in [0, 0.05) is 24.3 Å². The highest BCUT2D eigenvalue weighted by Crippen LogP contribution is 2.19. The van der Waals surface area contributed by atoms with Gasteiger partial charge in [-0.15, -0.1) is 0 Å². The molecule has 2 heterocycles. The average Bonchev–Trinajstić information content (AvgIpc) is 2.46. The summed E-state index contributed by atoms with van der Waals surface area (Å²) >= 11 is 6.00. The van der Waals surface area contributed by atoms with E-state index in [2.05, 4.69) is 33.5 Å². The molecule has 0 bridgehead atoms. The third-order valence-corrected chi connectivity index (χ3v) is 3.21. The zero-order valence-electron chi connectivity index (χ0n) is 10.2. The lowest BCUT2D eigenvalue weighted by molar-refractivity contribution is 1.14. The van der Waals surface area contributed by atoms with Crippen molar-refractivity contribution < 1.29 is 0 Å². The quantitative estimate of drug-likeness (QED) is 0.733. The molecule has 1 N–H and O–H groups in total. The highest BCUT2D eigenvalue weighted by molar-refractivity contribution is 6.31. The summed E-state index contributed by atoms with van der Waals surface area (Å²) in [6, 6.07) is 14.0. The molecular formula is C15H12ClN3. The first kappa shape index (κ1) is 11.9. The molecule has 0 atom stereocenters. The fourth-order valence-corrected chi connectivity index (χ4v) is 2.14. The fraction of sp³-hybridized carbons (Fsp3) is 0.0667. The van der Waals surface area contributed by atoms with Crippen LogP contribution in [0, 0.1) is 0 Å². The van der Waals surface area contributed by atoms with Gasteiger partial charge in [0.25, 0.3) is 0 Å². The van der Waals surface area contributed by atoms with Gasteiger partial charge >= 0.3 is 0 Å². The fourth-order valence-electron chi connectivity index (χ4n) is 1.95. The molecule has 0 radical (unpaired) electrons. The van der Waals surface area contributed by atoms with Gasteiger partial charge in [0.05, 0.1) is 11.2 Å². The van der Waals surface area contributed by atoms with Crippen molar-refractivity contribution in [3.05, 3.63) is 65.6 Å². The Bertz CT molecular complexity index is 712. The molecule has 94 valence electrons. The monoisotopic (exact) mass is 269 g/mol. The molecular weight excluding hydrogens is 258 g/mol. The van der Waals surface area contributed by atoms with Crippen molar-refractivity contribution in [1.29, 1.82) is 0 Å². The second-order valence-electron chi connectivity index (χ2n) is 4.23. The Balaban J connectivity index is 1.80. The number of nitrogens with zero attached hydrogens (tertiary/aromatic N) is 2. The molecule has 0 aliphatic heterocycles. The van der Waals surface area contributed by atoms with Crippen LogP contribution in [0.1, 0.15) is 5.56 Å². The molecule has 0 spiro atoms. The molecule has 3 rings (SSSR count). The van der Waals surface area contributed by atoms with Gasteiger partial charge in [0.1, 0.15) is 0 Å². The Kier molecular flexibility index (Phi) is 3.29. The molecule has 0 amide bonds. The summed E-state index contributed by atoms with van der Waals surface area (Å²) in [6.45, 7) is 0.705. The normalized spacial score (nSPS) is 10.6. The molecule has 0 aliphatic rings. The second kappa shape index (κ2) is 5.24. The highest BCUT2D eigenvalue weighted by atomic mass is 35.5. The minimum atomic E-state index is 0.491. The van der Waals surface area contributed by atoms with Crippen molar-refractivity contribution in [2.75, 3.05) is 5.32 Å². The van der Waals surface area contributed by atoms with Crippen LogP contribution in [0.2, 0.25) is 5.15 Å². The van der Waals surface area contributed by atoms with E-state index < -0.39 is 0 Å². The summed E-state index contributed by atoms with van der Waals surface area (Å²) in [5, 5.41) is 4.91. The van der Waals surface area contributed by atoms with Gasteiger partial charge in [-0.3, -0.25) is 4.98 Å². The number of hydrogen-bond acceptors (Lipinski definition) is 3. The first-order valence-corrected chi connectivity index (χ1v) is 6.39. The number of hydrogen-bond donors (Lipinski definition) is 1. The zero-order chi connectivity index (χ0) is 13.1. The smallest absolute Gasteiger partial charge is 0.152 e. The van der Waals surface area contributed by atoms with Gasteiger partial charge in [-0.05, 0) is 35.9 Å². The molecule has 2 aromatic heterocycles. The van der Waals surface area contributed by atoms with Gasteiger partial charge in [-0.2, -0.15) is 0 Å². The number of pyridine rings is 2. The van der Waals surface area contributed by atoms with Crippen molar-refractivity contribution in [1.82, 2.24) is 9.97 Å². The molecule has 0 saturated carbocycles. The van der Waals surface area contributed by atoms with E-state index in [-0.39, 0.29) is 0 Å². The van der Waals surface area contributed by atoms with Crippen LogP contribution in [-0.4, -0.2) is 9.97 Å². The first-order chi connectivity index (χ1) is 9.33. The van der Waals surface area contributed by atoms with E-state index in [1.54, 1.807) is 12.4 Å². The topological polar surface area (TPSA) is 37.8 Å². The number of nitrogens with one attached hydrogen (secondary N) is 1. The molecule has 0 fully saturated rings. The molecule has 19 heavy (non-hydrogen) atoms. The van der Waals surface area contributed by atoms with Crippen LogP contribution in [0.5, 0.6) is 0 Å². The second-order valence-corrected chi connectivity index (χ2v) is 4.58. The molecule has 3 nitrogen and oxygen atoms in total. The van der Waals surface area contributed by atoms with E-state index in [1.165, 1.54) is 5.56 Å². The van der Waals surface area contributed by atoms with Gasteiger partial charge < -0.3 is 5.32 Å². The Morgan fingerprint density at radius 2 is 1.84 bits per heavy atom. The van der Waals surface area contributed by atoms with Crippen LogP contribution in [0.3, 0.4) is 0 Å². The van der Waals surface area contributed by atoms with E-state index in [0.717, 1.165) is 16.6 Å². The van der Waals surface area contributed by atoms with E-state index in [9.17, 15) is 0 Å². The lowest BCUT2D eigenvalue weighted by Crippen LogP contribution is -2.00. The number of benzene rings is 1. The summed E-state index contributed by atoms with van der Waals surface area (Å²) in [5.41, 5.74) is 3.03. The van der Waals surface area contributed by atoms with Crippen LogP contribution in [0.25, 0.3) is 10.9 Å². The van der Waals surface area contributed by atoms with E-state index in [4.69, 9.17) is 11.6 Å². The molecule has 4 heteroatoms. The standard InChI is InChI=1S/C15H12ClN3/c16-15-14(4-2-8-18-15)19-10-11-5-6-13-12(9-11)3-1-7-17-13/h1-9,19H,10H2. The lowest BCUT2D eigenvalue weighted by atomic mass is 10.1. The lowest BCUT2D eigenvalue weighted by Gasteiger charge is -2.08. The van der Waals surface area contributed by atoms with Gasteiger partial charge in [-0.1, -0.05) is 23.7 Å². The number of halogens is 1. The third kappa shape index (κ3) is 2.66. The maximum atomic E-state index is 6.00. The molecule has 0 aliphatic carbocycles. The van der Waals surface area contributed by atoms with Crippen LogP contribution in [0.15, 0.2) is 54.9 Å². The van der Waals surface area contributed by atoms with E-state index in [1.807, 2.05) is 24.3 Å². The molecule has 0 unspecified atom stereocenters. The maximum absolute atomic E-state index is 6.00. The Labute approximate surface area is 116 Å². The maximum Gasteiger partial charge on any atom is 0.152 e. The van der Waals surface area contributed by atoms with Crippen LogP contribution >= 0.6 is 11.6 Å². The Morgan fingerprint density at radius 1 is 1.00 bits per heavy atom. The van der Waals surface area contributed by atoms with Gasteiger partial charge in [0.15, 0.2) is 5.15 Å². The number of fused-ring (bicyclic) bond motifs is 1. The summed E-state index contributed by atoms with van der Waals surface area (Å²) < 4.78 is 0. The predicted molar refractivity (Wildman–Crippen MR) is 78.3 cm³/mol. The van der Waals surface area contributed by atoms with E-state index >= 15 is 0 Å². The number of rotatable bonds is 3. The molecule has 3 aromatic rings. The minimum Gasteiger partial charge on any atom is -0.378 e. The number of anilines is 1. The SMILES string of the molecule is Clc1ncccc1NCc1ccc2ncccc2c1. The van der Waals surface area contributed by atoms with Crippen molar-refractivity contribution in [3.8, 4) is 0 Å². The van der Waals surface area contributed by atoms with Crippen molar-refractivity contribution in [2.24, 2.45) is 0 Å². The predicted octanol–water partition coefficient (Wildman–Crippen LogP) is 3.90. The molecule has 1 aromatic carbocycles. The van der Waals surface area contributed by atoms with Crippen LogP contribution < -0.4 is 5.32 Å². The van der Waals surface area contributed by atoms with Crippen molar-refractivity contribution in [3.63, 3.8) is 0 Å². The number of aromatic nitrogens is 2. The highest BCUT2D eigenvalue weighted by Gasteiger charge is 2.01. The summed E-state index contributed by atoms with van der Waals surface area (Å²) in [5.74, 6) is 0. The largest absolute Gasteiger partial charge is 0.378 e. The van der Waals surface area contributed by atoms with Crippen molar-refractivity contribution in [2.45, 2.75) is 6.54 Å².